The van der Waals surface area contributed by atoms with Gasteiger partial charge in [0.2, 0.25) is 0 Å². The number of para-hydroxylation sites is 3. The van der Waals surface area contributed by atoms with Crippen LogP contribution in [-0.4, -0.2) is 182 Å². The van der Waals surface area contributed by atoms with Crippen LogP contribution in [0.4, 0.5) is 175 Å². The summed E-state index contributed by atoms with van der Waals surface area (Å²) in [6.07, 6.45) is -54.9. The van der Waals surface area contributed by atoms with Crippen LogP contribution in [0.1, 0.15) is 320 Å². The molecule has 800 valence electrons. The summed E-state index contributed by atoms with van der Waals surface area (Å²) in [5, 5.41) is 49.3. The number of halogens is 36. The van der Waals surface area contributed by atoms with E-state index >= 15 is 0 Å². The van der Waals surface area contributed by atoms with Gasteiger partial charge in [0.1, 0.15) is 0 Å². The van der Waals surface area contributed by atoms with Gasteiger partial charge in [-0.05, 0) is 147 Å². The zero-order chi connectivity index (χ0) is 107. The fourth-order valence-electron chi connectivity index (χ4n) is 14.4. The van der Waals surface area contributed by atoms with E-state index in [4.69, 9.17) is 20.6 Å². The second-order valence-corrected chi connectivity index (χ2v) is 38.6. The molecule has 49 heteroatoms. The van der Waals surface area contributed by atoms with Crippen molar-refractivity contribution in [3.8, 4) is 0 Å². The molecule has 0 unspecified atom stereocenters. The molecule has 0 saturated heterocycles. The number of allylic oxidation sites excluding steroid dienone is 6. The molecule has 0 aliphatic heterocycles. The van der Waals surface area contributed by atoms with Crippen molar-refractivity contribution in [2.24, 2.45) is 21.8 Å². The average molecular weight is 2310 g/mol. The number of benzene rings is 3. The molecule has 3 aliphatic carbocycles. The summed E-state index contributed by atoms with van der Waals surface area (Å²) < 4.78 is 408. The molecule has 6 radical (unpaired) electrons. The average Bonchev–Trinajstić information content (AvgIpc) is 0.749. The van der Waals surface area contributed by atoms with Crippen LogP contribution in [0.15, 0.2) is 99.4 Å². The summed E-state index contributed by atoms with van der Waals surface area (Å²) in [6, 6.07) is 19.7. The van der Waals surface area contributed by atoms with Gasteiger partial charge < -0.3 is 33.9 Å². The molecule has 0 amide bonds. The van der Waals surface area contributed by atoms with Crippen LogP contribution in [0.5, 0.6) is 0 Å². The molecule has 8 nitrogen and oxygen atoms in total. The Morgan fingerprint density at radius 3 is 0.683 bits per heavy atom. The summed E-state index contributed by atoms with van der Waals surface area (Å²) in [5.74, 6) is 3.75. The van der Waals surface area contributed by atoms with E-state index in [2.05, 4.69) is 212 Å². The molecular weight excluding hydrogens is 2190 g/mol. The molecule has 0 heterocycles. The third kappa shape index (κ3) is 39.9. The Kier molecular flexibility index (Phi) is 58.8. The SMILES string of the molecule is C/C(=C/C(C)=N/C(CC(C)C)=C(/C)C(C)C)[N-]c1c(C(C)C)cccc1C(C)C.C1CCC(P(C2CCCCC2)C2CCCCC2)CC1.CC(/C=C(/C)[N-]c1c(C(C)C)cccc1C(C)C)=Nc1c(C(C)C)cccc1C(C)C.[Al+3].[Ga].[Ga].[H-].[H-].[O-]C(C(F)(F)F)(C(F)(F)F)C(F)(F)F.[O-]C(C(F)(F)F)(C(F)(F)F)C(F)(F)F.[O-]C(C(F)(F)F)(C(F)(F)F)C(F)(F)F.[O-]C(C(F)(F)F)(C(F)(F)F)C(F)(F)F.[Rh+3]. The van der Waals surface area contributed by atoms with Crippen LogP contribution in [0.25, 0.3) is 10.6 Å². The summed E-state index contributed by atoms with van der Waals surface area (Å²) >= 11 is 0. The molecule has 3 saturated carbocycles. The van der Waals surface area contributed by atoms with Crippen molar-refractivity contribution in [3.05, 3.63) is 133 Å². The fraction of sp³-hybridized carbons (Fsp3) is 0.711. The topological polar surface area (TPSA) is 145 Å². The fourth-order valence-corrected chi connectivity index (χ4v) is 19.0. The summed E-state index contributed by atoms with van der Waals surface area (Å²) in [6.45, 7) is 46.4. The largest absolute Gasteiger partial charge is 3.00 e. The van der Waals surface area contributed by atoms with Gasteiger partial charge in [-0.15, -0.1) is 11.4 Å². The molecule has 3 fully saturated rings. The molecular formula is C90H119AlF36Ga2N4O4PRh-2. The van der Waals surface area contributed by atoms with E-state index in [1.54, 1.807) is 77.0 Å². The first-order valence-corrected chi connectivity index (χ1v) is 44.3. The number of hydrogen-bond acceptors (Lipinski definition) is 6. The first-order chi connectivity index (χ1) is 60.4. The second-order valence-electron chi connectivity index (χ2n) is 35.5. The van der Waals surface area contributed by atoms with Crippen LogP contribution in [-0.2, 0) is 19.5 Å². The molecule has 139 heavy (non-hydrogen) atoms. The Morgan fingerprint density at radius 1 is 0.331 bits per heavy atom. The van der Waals surface area contributed by atoms with Gasteiger partial charge in [0.05, 0.1) is 5.69 Å². The van der Waals surface area contributed by atoms with Gasteiger partial charge in [0.15, 0.2) is 22.4 Å². The van der Waals surface area contributed by atoms with E-state index < -0.39 is 96.5 Å². The van der Waals surface area contributed by atoms with Gasteiger partial charge in [0, 0.05) is 56.7 Å². The van der Waals surface area contributed by atoms with E-state index in [0.717, 1.165) is 46.3 Å². The van der Waals surface area contributed by atoms with Gasteiger partial charge in [-0.1, -0.05) is 279 Å². The number of nitrogens with zero attached hydrogens (tertiary/aromatic N) is 4. The monoisotopic (exact) mass is 2300 g/mol. The molecule has 0 bridgehead atoms. The molecule has 3 aliphatic rings. The van der Waals surface area contributed by atoms with E-state index in [0.29, 0.717) is 55.3 Å². The Labute approximate surface area is 841 Å². The molecule has 6 rings (SSSR count). The van der Waals surface area contributed by atoms with Crippen molar-refractivity contribution in [1.82, 2.24) is 0 Å². The molecule has 0 N–H and O–H groups in total. The minimum absolute atomic E-state index is 0. The Balaban J connectivity index is -0.000000303. The molecule has 3 aromatic rings. The molecule has 0 atom stereocenters. The van der Waals surface area contributed by atoms with Crippen molar-refractivity contribution in [3.63, 3.8) is 0 Å². The predicted molar refractivity (Wildman–Crippen MR) is 461 cm³/mol. The third-order valence-corrected chi connectivity index (χ3v) is 25.8. The van der Waals surface area contributed by atoms with Crippen molar-refractivity contribution in [1.29, 1.82) is 0 Å². The standard InChI is InChI=1S/C29H41N2.C27H43N2.C18H33P.4C4F9O.Al.2Ga.Rh.2H/c1-18(2)24-13-11-14-25(19(3)4)28(24)30-22(9)17-23(10)31-29-26(20(5)6)15-12-16-27(29)21(7)8;1-17(2)15-26(23(11)18(3)4)28-21(9)16-22(10)29-27-24(19(5)6)13-12-14-25(27)20(7)8;1-4-10-16(11-5-1)19(17-12-6-2-7-13-17)18-14-8-3-9-15-18;4*5-2(6,7)1(14,3(8,9)10)4(11,12)13;;;;;;/h11-21H,1-10H3;12-14,16-20H,15H2,1-11H3;16-18H,1-15H2;;;;;;;;;;/q2*-1;;4*-1;+3;;;+3;2*-1/b22-17-,31-23?;22-16-,26-23-,28-21+;;;;;;;;;;;. The first kappa shape index (κ1) is 143. The summed E-state index contributed by atoms with van der Waals surface area (Å²) in [4.78, 5) is 10.1. The zero-order valence-corrected chi connectivity index (χ0v) is 88.6. The minimum Gasteiger partial charge on any atom is -1.00 e. The number of aliphatic imine (C=N–C) groups is 2. The summed E-state index contributed by atoms with van der Waals surface area (Å²) in [5.41, 5.74) is -6.33. The van der Waals surface area contributed by atoms with Gasteiger partial charge in [-0.25, -0.2) is 0 Å². The van der Waals surface area contributed by atoms with Gasteiger partial charge in [-0.2, -0.15) is 169 Å². The predicted octanol–water partition coefficient (Wildman–Crippen LogP) is 31.8. The van der Waals surface area contributed by atoms with E-state index in [1.807, 2.05) is 0 Å². The zero-order valence-electron chi connectivity index (χ0n) is 82.1. The van der Waals surface area contributed by atoms with Crippen molar-refractivity contribution in [2.75, 3.05) is 0 Å². The molecule has 0 spiro atoms. The van der Waals surface area contributed by atoms with Crippen molar-refractivity contribution < 1.29 is 201 Å². The van der Waals surface area contributed by atoms with Crippen LogP contribution < -0.4 is 20.4 Å². The van der Waals surface area contributed by atoms with Gasteiger partial charge in [-0.3, -0.25) is 9.98 Å². The van der Waals surface area contributed by atoms with E-state index in [-0.39, 0.29) is 79.3 Å². The molecule has 3 aromatic carbocycles. The number of hydrogen-bond donors (Lipinski definition) is 0. The smallest absolute Gasteiger partial charge is 1.00 e. The van der Waals surface area contributed by atoms with E-state index in [9.17, 15) is 178 Å². The normalized spacial score (nSPS) is 16.2. The van der Waals surface area contributed by atoms with Crippen LogP contribution >= 0.6 is 7.92 Å². The second kappa shape index (κ2) is 57.0. The van der Waals surface area contributed by atoms with Gasteiger partial charge >= 0.3 is 111 Å². The van der Waals surface area contributed by atoms with E-state index in [1.165, 1.54) is 80.9 Å². The number of rotatable bonds is 20. The Morgan fingerprint density at radius 2 is 0.518 bits per heavy atom. The maximum absolute atomic E-state index is 11.3. The maximum Gasteiger partial charge on any atom is 3.00 e. The summed E-state index contributed by atoms with van der Waals surface area (Å²) in [7, 11) is 0.385. The van der Waals surface area contributed by atoms with Gasteiger partial charge in [0.25, 0.3) is 0 Å². The van der Waals surface area contributed by atoms with Crippen molar-refractivity contribution in [2.45, 2.75) is 397 Å². The van der Waals surface area contributed by atoms with Crippen LogP contribution in [0, 0.1) is 11.8 Å². The Bertz CT molecular complexity index is 3830. The number of alkyl halides is 36. The minimum atomic E-state index is -6.98. The van der Waals surface area contributed by atoms with Crippen LogP contribution in [0.2, 0.25) is 0 Å². The Hall–Kier alpha value is -4.00. The maximum atomic E-state index is 11.3. The quantitative estimate of drug-likeness (QED) is 0.0480. The molecule has 0 aromatic heterocycles. The third-order valence-electron chi connectivity index (χ3n) is 21.7. The first-order valence-electron chi connectivity index (χ1n) is 42.8. The van der Waals surface area contributed by atoms with Crippen molar-refractivity contribution >= 4 is 93.3 Å². The van der Waals surface area contributed by atoms with Crippen LogP contribution in [0.3, 0.4) is 0 Å².